The third-order valence-electron chi connectivity index (χ3n) is 2.06. The fourth-order valence-corrected chi connectivity index (χ4v) is 1.44. The first-order chi connectivity index (χ1) is 5.68. The number of hydrogen-bond donors (Lipinski definition) is 1. The fourth-order valence-electron chi connectivity index (χ4n) is 1.30. The molecule has 1 fully saturated rings. The molecule has 0 aromatic rings. The monoisotopic (exact) mass is 209 g/mol. The van der Waals surface area contributed by atoms with Gasteiger partial charge in [0.05, 0.1) is 6.10 Å². The minimum absolute atomic E-state index is 0.114. The number of rotatable bonds is 2. The molecule has 0 aromatic heterocycles. The molecule has 0 atom stereocenters. The fraction of sp³-hybridized carbons (Fsp3) is 0.750. The van der Waals surface area contributed by atoms with E-state index < -0.39 is 0 Å². The summed E-state index contributed by atoms with van der Waals surface area (Å²) >= 11 is 11.0. The zero-order valence-electron chi connectivity index (χ0n) is 6.84. The van der Waals surface area contributed by atoms with Crippen LogP contribution in [0.2, 0.25) is 0 Å². The van der Waals surface area contributed by atoms with E-state index in [1.54, 1.807) is 6.08 Å². The van der Waals surface area contributed by atoms with Crippen LogP contribution in [0.5, 0.6) is 0 Å². The minimum Gasteiger partial charge on any atom is -0.393 e. The maximum atomic E-state index is 9.21. The normalized spacial score (nSPS) is 20.9. The summed E-state index contributed by atoms with van der Waals surface area (Å²) in [6, 6.07) is 0. The van der Waals surface area contributed by atoms with Crippen LogP contribution in [0.1, 0.15) is 12.8 Å². The zero-order chi connectivity index (χ0) is 8.97. The van der Waals surface area contributed by atoms with Crippen LogP contribution in [0.4, 0.5) is 0 Å². The Kier molecular flexibility index (Phi) is 4.36. The average Bonchev–Trinajstić information content (AvgIpc) is 2.03. The van der Waals surface area contributed by atoms with Crippen molar-refractivity contribution >= 4 is 23.2 Å². The summed E-state index contributed by atoms with van der Waals surface area (Å²) in [6.45, 7) is 2.65. The van der Waals surface area contributed by atoms with Gasteiger partial charge in [0.25, 0.3) is 0 Å². The van der Waals surface area contributed by atoms with E-state index in [1.807, 2.05) is 0 Å². The summed E-state index contributed by atoms with van der Waals surface area (Å²) in [6.07, 6.45) is 3.37. The van der Waals surface area contributed by atoms with Gasteiger partial charge in [0.15, 0.2) is 0 Å². The summed E-state index contributed by atoms with van der Waals surface area (Å²) in [4.78, 5) is 2.22. The van der Waals surface area contributed by atoms with E-state index in [0.29, 0.717) is 4.49 Å². The molecule has 1 N–H and O–H groups in total. The van der Waals surface area contributed by atoms with Crippen molar-refractivity contribution in [3.8, 4) is 0 Å². The topological polar surface area (TPSA) is 23.5 Å². The number of piperidine rings is 1. The minimum atomic E-state index is -0.114. The molecule has 70 valence electrons. The molecule has 1 aliphatic heterocycles. The molecule has 1 aliphatic rings. The quantitative estimate of drug-likeness (QED) is 0.750. The molecule has 0 saturated carbocycles. The van der Waals surface area contributed by atoms with Gasteiger partial charge in [-0.25, -0.2) is 0 Å². The largest absolute Gasteiger partial charge is 0.393 e. The van der Waals surface area contributed by atoms with Gasteiger partial charge in [-0.05, 0) is 18.9 Å². The van der Waals surface area contributed by atoms with E-state index in [2.05, 4.69) is 4.90 Å². The van der Waals surface area contributed by atoms with Crippen LogP contribution in [-0.2, 0) is 0 Å². The number of likely N-dealkylation sites (tertiary alicyclic amines) is 1. The molecule has 1 rings (SSSR count). The lowest BCUT2D eigenvalue weighted by molar-refractivity contribution is 0.0880. The van der Waals surface area contributed by atoms with Crippen molar-refractivity contribution in [1.29, 1.82) is 0 Å². The third-order valence-corrected chi connectivity index (χ3v) is 2.37. The van der Waals surface area contributed by atoms with Crippen molar-refractivity contribution in [2.75, 3.05) is 19.6 Å². The number of nitrogens with zero attached hydrogens (tertiary/aromatic N) is 1. The Labute approximate surface area is 82.8 Å². The average molecular weight is 210 g/mol. The smallest absolute Gasteiger partial charge is 0.104 e. The highest BCUT2D eigenvalue weighted by molar-refractivity contribution is 6.55. The Balaban J connectivity index is 2.22. The molecule has 0 bridgehead atoms. The highest BCUT2D eigenvalue weighted by Gasteiger charge is 2.15. The molecule has 0 spiro atoms. The highest BCUT2D eigenvalue weighted by atomic mass is 35.5. The Bertz CT molecular complexity index is 160. The molecule has 4 heteroatoms. The lowest BCUT2D eigenvalue weighted by atomic mass is 10.1. The molecule has 0 aliphatic carbocycles. The molecule has 0 unspecified atom stereocenters. The standard InChI is InChI=1S/C8H13Cl2NO/c9-8(10)3-6-11-4-1-7(12)2-5-11/h3,7,12H,1-2,4-6H2. The number of halogens is 2. The van der Waals surface area contributed by atoms with Crippen LogP contribution >= 0.6 is 23.2 Å². The lowest BCUT2D eigenvalue weighted by Crippen LogP contribution is -2.35. The Morgan fingerprint density at radius 1 is 1.42 bits per heavy atom. The van der Waals surface area contributed by atoms with E-state index in [-0.39, 0.29) is 6.10 Å². The predicted molar refractivity (Wildman–Crippen MR) is 51.5 cm³/mol. The molecule has 2 nitrogen and oxygen atoms in total. The van der Waals surface area contributed by atoms with Crippen LogP contribution in [-0.4, -0.2) is 35.7 Å². The maximum absolute atomic E-state index is 9.21. The van der Waals surface area contributed by atoms with Gasteiger partial charge in [-0.15, -0.1) is 0 Å². The molecular weight excluding hydrogens is 197 g/mol. The van der Waals surface area contributed by atoms with Gasteiger partial charge in [-0.1, -0.05) is 23.2 Å². The summed E-state index contributed by atoms with van der Waals surface area (Å²) in [5.74, 6) is 0. The van der Waals surface area contributed by atoms with Crippen molar-refractivity contribution in [2.45, 2.75) is 18.9 Å². The van der Waals surface area contributed by atoms with Gasteiger partial charge < -0.3 is 5.11 Å². The van der Waals surface area contributed by atoms with Crippen molar-refractivity contribution in [1.82, 2.24) is 4.90 Å². The SMILES string of the molecule is OC1CCN(CC=C(Cl)Cl)CC1. The van der Waals surface area contributed by atoms with E-state index in [4.69, 9.17) is 23.2 Å². The third kappa shape index (κ3) is 3.76. The number of aliphatic hydroxyl groups is 1. The lowest BCUT2D eigenvalue weighted by Gasteiger charge is -2.28. The van der Waals surface area contributed by atoms with Gasteiger partial charge in [-0.3, -0.25) is 4.90 Å². The molecule has 12 heavy (non-hydrogen) atoms. The van der Waals surface area contributed by atoms with Gasteiger partial charge in [0.2, 0.25) is 0 Å². The first-order valence-electron chi connectivity index (χ1n) is 4.10. The van der Waals surface area contributed by atoms with Crippen molar-refractivity contribution in [3.63, 3.8) is 0 Å². The first kappa shape index (κ1) is 10.3. The Hall–Kier alpha value is 0.240. The van der Waals surface area contributed by atoms with Crippen molar-refractivity contribution < 1.29 is 5.11 Å². The van der Waals surface area contributed by atoms with Gasteiger partial charge in [0, 0.05) is 19.6 Å². The van der Waals surface area contributed by atoms with Gasteiger partial charge >= 0.3 is 0 Å². The van der Waals surface area contributed by atoms with E-state index >= 15 is 0 Å². The molecule has 1 heterocycles. The second-order valence-corrected chi connectivity index (χ2v) is 4.03. The van der Waals surface area contributed by atoms with Gasteiger partial charge in [0.1, 0.15) is 4.49 Å². The van der Waals surface area contributed by atoms with Crippen LogP contribution in [0.15, 0.2) is 10.6 Å². The summed E-state index contributed by atoms with van der Waals surface area (Å²) < 4.78 is 0.320. The van der Waals surface area contributed by atoms with Crippen LogP contribution in [0, 0.1) is 0 Å². The maximum Gasteiger partial charge on any atom is 0.104 e. The van der Waals surface area contributed by atoms with E-state index in [0.717, 1.165) is 32.5 Å². The van der Waals surface area contributed by atoms with E-state index in [1.165, 1.54) is 0 Å². The first-order valence-corrected chi connectivity index (χ1v) is 4.85. The summed E-state index contributed by atoms with van der Waals surface area (Å²) in [5, 5.41) is 9.21. The molecular formula is C8H13Cl2NO. The molecule has 0 amide bonds. The molecule has 0 aromatic carbocycles. The van der Waals surface area contributed by atoms with Crippen LogP contribution < -0.4 is 0 Å². The predicted octanol–water partition coefficient (Wildman–Crippen LogP) is 1.76. The van der Waals surface area contributed by atoms with Crippen LogP contribution in [0.3, 0.4) is 0 Å². The number of hydrogen-bond acceptors (Lipinski definition) is 2. The Morgan fingerprint density at radius 3 is 2.50 bits per heavy atom. The van der Waals surface area contributed by atoms with E-state index in [9.17, 15) is 5.11 Å². The molecule has 1 saturated heterocycles. The van der Waals surface area contributed by atoms with Crippen molar-refractivity contribution in [2.24, 2.45) is 0 Å². The number of aliphatic hydroxyl groups excluding tert-OH is 1. The Morgan fingerprint density at radius 2 is 2.00 bits per heavy atom. The highest BCUT2D eigenvalue weighted by Crippen LogP contribution is 2.11. The van der Waals surface area contributed by atoms with Crippen molar-refractivity contribution in [3.05, 3.63) is 10.6 Å². The zero-order valence-corrected chi connectivity index (χ0v) is 8.35. The summed E-state index contributed by atoms with van der Waals surface area (Å²) in [5.41, 5.74) is 0. The second kappa shape index (κ2) is 5.07. The van der Waals surface area contributed by atoms with Gasteiger partial charge in [-0.2, -0.15) is 0 Å². The van der Waals surface area contributed by atoms with Crippen LogP contribution in [0.25, 0.3) is 0 Å². The summed E-state index contributed by atoms with van der Waals surface area (Å²) in [7, 11) is 0. The second-order valence-electron chi connectivity index (χ2n) is 3.03. The molecule has 0 radical (unpaired) electrons.